The van der Waals surface area contributed by atoms with E-state index in [2.05, 4.69) is 4.74 Å². The lowest BCUT2D eigenvalue weighted by molar-refractivity contribution is -0.205. The van der Waals surface area contributed by atoms with Crippen LogP contribution in [0.1, 0.15) is 13.8 Å². The van der Waals surface area contributed by atoms with Gasteiger partial charge in [-0.3, -0.25) is 4.79 Å². The Morgan fingerprint density at radius 1 is 1.28 bits per heavy atom. The molecule has 18 heavy (non-hydrogen) atoms. The molecule has 0 radical (unpaired) electrons. The summed E-state index contributed by atoms with van der Waals surface area (Å²) in [4.78, 5) is 11.8. The van der Waals surface area contributed by atoms with Crippen molar-refractivity contribution in [3.8, 4) is 18.2 Å². The molecule has 0 aliphatic heterocycles. The topological polar surface area (TPSA) is 107 Å². The highest BCUT2D eigenvalue weighted by Gasteiger charge is 2.78. The second kappa shape index (κ2) is 4.64. The van der Waals surface area contributed by atoms with Crippen molar-refractivity contribution < 1.29 is 14.3 Å². The van der Waals surface area contributed by atoms with E-state index in [0.717, 1.165) is 7.11 Å². The highest BCUT2D eigenvalue weighted by atomic mass is 16.5. The number of nitrogens with zero attached hydrogens (tertiary/aromatic N) is 3. The Balaban J connectivity index is 3.39. The maximum absolute atomic E-state index is 11.8. The lowest BCUT2D eigenvalue weighted by atomic mass is 9.43. The van der Waals surface area contributed by atoms with Crippen molar-refractivity contribution >= 4 is 5.97 Å². The average Bonchev–Trinajstić information content (AvgIpc) is 2.41. The lowest BCUT2D eigenvalue weighted by Crippen LogP contribution is -2.70. The van der Waals surface area contributed by atoms with Crippen LogP contribution >= 0.6 is 0 Å². The minimum absolute atomic E-state index is 0.294. The van der Waals surface area contributed by atoms with E-state index in [-0.39, 0.29) is 0 Å². The first-order chi connectivity index (χ1) is 8.52. The van der Waals surface area contributed by atoms with Gasteiger partial charge in [0.1, 0.15) is 0 Å². The van der Waals surface area contributed by atoms with Crippen molar-refractivity contribution in [2.75, 3.05) is 13.7 Å². The van der Waals surface area contributed by atoms with Gasteiger partial charge in [-0.15, -0.1) is 0 Å². The fraction of sp³-hybridized carbons (Fsp3) is 0.667. The molecule has 0 unspecified atom stereocenters. The van der Waals surface area contributed by atoms with Crippen LogP contribution in [0.4, 0.5) is 0 Å². The Kier molecular flexibility index (Phi) is 3.60. The van der Waals surface area contributed by atoms with Crippen molar-refractivity contribution in [1.29, 1.82) is 15.8 Å². The number of ether oxygens (including phenoxy) is 2. The van der Waals surface area contributed by atoms with Crippen LogP contribution in [0.15, 0.2) is 0 Å². The molecular weight excluding hydrogens is 234 g/mol. The third kappa shape index (κ3) is 1.26. The summed E-state index contributed by atoms with van der Waals surface area (Å²) < 4.78 is 9.92. The van der Waals surface area contributed by atoms with Crippen molar-refractivity contribution in [3.05, 3.63) is 0 Å². The highest BCUT2D eigenvalue weighted by molar-refractivity contribution is 5.85. The van der Waals surface area contributed by atoms with Crippen LogP contribution in [0.5, 0.6) is 0 Å². The Morgan fingerprint density at radius 2 is 1.83 bits per heavy atom. The number of methoxy groups -OCH3 is 1. The number of hydrogen-bond acceptors (Lipinski definition) is 6. The molecule has 0 aromatic heterocycles. The number of rotatable bonds is 3. The van der Waals surface area contributed by atoms with Crippen molar-refractivity contribution in [3.63, 3.8) is 0 Å². The molecule has 0 amide bonds. The van der Waals surface area contributed by atoms with Gasteiger partial charge in [0.15, 0.2) is 10.8 Å². The first-order valence-electron chi connectivity index (χ1n) is 5.46. The van der Waals surface area contributed by atoms with Gasteiger partial charge < -0.3 is 9.47 Å². The normalized spacial score (nSPS) is 32.2. The molecule has 1 fully saturated rings. The van der Waals surface area contributed by atoms with E-state index in [1.807, 2.05) is 0 Å². The van der Waals surface area contributed by atoms with Crippen molar-refractivity contribution in [1.82, 2.24) is 0 Å². The van der Waals surface area contributed by atoms with Gasteiger partial charge >= 0.3 is 5.97 Å². The summed E-state index contributed by atoms with van der Waals surface area (Å²) in [6.07, 6.45) is -0.767. The molecule has 0 aromatic carbocycles. The molecule has 0 N–H and O–H groups in total. The van der Waals surface area contributed by atoms with Crippen LogP contribution in [-0.2, 0) is 14.3 Å². The Labute approximate surface area is 105 Å². The molecule has 0 saturated heterocycles. The van der Waals surface area contributed by atoms with Gasteiger partial charge in [0.05, 0.1) is 31.4 Å². The molecule has 0 aromatic rings. The van der Waals surface area contributed by atoms with Gasteiger partial charge in [-0.2, -0.15) is 15.8 Å². The minimum atomic E-state index is -1.82. The fourth-order valence-corrected chi connectivity index (χ4v) is 2.61. The van der Waals surface area contributed by atoms with E-state index < -0.39 is 28.8 Å². The first kappa shape index (κ1) is 14.0. The third-order valence-corrected chi connectivity index (χ3v) is 3.57. The molecule has 0 spiro atoms. The number of esters is 1. The van der Waals surface area contributed by atoms with E-state index in [0.29, 0.717) is 6.61 Å². The standard InChI is InChI=1S/C12H13N3O3/c1-4-18-9-8(2)12(7-15,10(16)17-3)11(9,5-13)6-14/h8-9H,4H2,1-3H3/t8-,9+,12-/m0/s1. The molecule has 6 nitrogen and oxygen atoms in total. The van der Waals surface area contributed by atoms with Gasteiger partial charge in [-0.05, 0) is 6.92 Å². The first-order valence-corrected chi connectivity index (χ1v) is 5.46. The van der Waals surface area contributed by atoms with E-state index in [1.54, 1.807) is 32.1 Å². The predicted molar refractivity (Wildman–Crippen MR) is 58.3 cm³/mol. The Morgan fingerprint density at radius 3 is 2.17 bits per heavy atom. The lowest BCUT2D eigenvalue weighted by Gasteiger charge is -2.55. The largest absolute Gasteiger partial charge is 0.468 e. The van der Waals surface area contributed by atoms with Gasteiger partial charge in [0.2, 0.25) is 0 Å². The Hall–Kier alpha value is -2.10. The van der Waals surface area contributed by atoms with E-state index >= 15 is 0 Å². The molecule has 6 heteroatoms. The SMILES string of the molecule is CCO[C@@H]1[C@H](C)[C@@](C#N)(C(=O)OC)C1(C#N)C#N. The summed E-state index contributed by atoms with van der Waals surface area (Å²) in [6.45, 7) is 3.62. The molecular formula is C12H13N3O3. The van der Waals surface area contributed by atoms with Gasteiger partial charge in [-0.1, -0.05) is 6.92 Å². The molecule has 1 saturated carbocycles. The number of carbonyl (C=O) groups excluding carboxylic acids is 1. The molecule has 1 aliphatic rings. The van der Waals surface area contributed by atoms with Crippen LogP contribution < -0.4 is 0 Å². The molecule has 1 rings (SSSR count). The van der Waals surface area contributed by atoms with Crippen LogP contribution in [0.3, 0.4) is 0 Å². The zero-order valence-corrected chi connectivity index (χ0v) is 10.4. The predicted octanol–water partition coefficient (Wildman–Crippen LogP) is 0.758. The van der Waals surface area contributed by atoms with Gasteiger partial charge in [0, 0.05) is 12.5 Å². The summed E-state index contributed by atoms with van der Waals surface area (Å²) in [5, 5.41) is 27.8. The Bertz CT molecular complexity index is 468. The second-order valence-electron chi connectivity index (χ2n) is 4.11. The molecule has 3 atom stereocenters. The molecule has 1 aliphatic carbocycles. The van der Waals surface area contributed by atoms with E-state index in [1.165, 1.54) is 0 Å². The van der Waals surface area contributed by atoms with Gasteiger partial charge in [-0.25, -0.2) is 0 Å². The number of carbonyl (C=O) groups is 1. The fourth-order valence-electron chi connectivity index (χ4n) is 2.61. The average molecular weight is 247 g/mol. The molecule has 0 heterocycles. The highest BCUT2D eigenvalue weighted by Crippen LogP contribution is 2.61. The van der Waals surface area contributed by atoms with Crippen LogP contribution in [-0.4, -0.2) is 25.8 Å². The smallest absolute Gasteiger partial charge is 0.329 e. The number of hydrogen-bond donors (Lipinski definition) is 0. The summed E-state index contributed by atoms with van der Waals surface area (Å²) in [6, 6.07) is 5.35. The summed E-state index contributed by atoms with van der Waals surface area (Å²) in [5.41, 5.74) is -3.60. The summed E-state index contributed by atoms with van der Waals surface area (Å²) in [7, 11) is 1.13. The zero-order chi connectivity index (χ0) is 14.0. The molecule has 94 valence electrons. The van der Waals surface area contributed by atoms with Crippen molar-refractivity contribution in [2.45, 2.75) is 20.0 Å². The van der Waals surface area contributed by atoms with Crippen molar-refractivity contribution in [2.24, 2.45) is 16.7 Å². The van der Waals surface area contributed by atoms with E-state index in [9.17, 15) is 20.6 Å². The minimum Gasteiger partial charge on any atom is -0.468 e. The van der Waals surface area contributed by atoms with Crippen LogP contribution in [0.25, 0.3) is 0 Å². The summed E-state index contributed by atoms with van der Waals surface area (Å²) in [5.74, 6) is -1.44. The maximum Gasteiger partial charge on any atom is 0.329 e. The molecule has 0 bridgehead atoms. The van der Waals surface area contributed by atoms with Gasteiger partial charge in [0.25, 0.3) is 0 Å². The summed E-state index contributed by atoms with van der Waals surface area (Å²) >= 11 is 0. The number of nitriles is 3. The second-order valence-corrected chi connectivity index (χ2v) is 4.11. The monoisotopic (exact) mass is 247 g/mol. The van der Waals surface area contributed by atoms with Crippen LogP contribution in [0.2, 0.25) is 0 Å². The maximum atomic E-state index is 11.8. The zero-order valence-electron chi connectivity index (χ0n) is 10.4. The van der Waals surface area contributed by atoms with E-state index in [4.69, 9.17) is 4.74 Å². The third-order valence-electron chi connectivity index (χ3n) is 3.57. The quantitative estimate of drug-likeness (QED) is 0.681. The van der Waals surface area contributed by atoms with Crippen LogP contribution in [0, 0.1) is 50.7 Å².